The Hall–Kier alpha value is -2.96. The number of benzene rings is 3. The minimum atomic E-state index is -0.0891. The SMILES string of the molecule is COc1ccc(N2C(=O)/C(=C/c3ccc(SC)cc3)S/C2=N\c2ccccc2)cc1. The van der Waals surface area contributed by atoms with Crippen LogP contribution in [-0.2, 0) is 4.79 Å². The molecule has 0 saturated carbocycles. The Bertz CT molecular complexity index is 1090. The van der Waals surface area contributed by atoms with Crippen LogP contribution in [0.5, 0.6) is 5.75 Å². The summed E-state index contributed by atoms with van der Waals surface area (Å²) in [6, 6.07) is 25.2. The van der Waals surface area contributed by atoms with Crippen LogP contribution in [0.3, 0.4) is 0 Å². The molecule has 4 rings (SSSR count). The fraction of sp³-hybridized carbons (Fsp3) is 0.0833. The molecule has 30 heavy (non-hydrogen) atoms. The quantitative estimate of drug-likeness (QED) is 0.354. The summed E-state index contributed by atoms with van der Waals surface area (Å²) in [6.45, 7) is 0. The Kier molecular flexibility index (Phi) is 6.26. The molecule has 1 fully saturated rings. The van der Waals surface area contributed by atoms with Gasteiger partial charge in [-0.25, -0.2) is 4.99 Å². The Morgan fingerprint density at radius 1 is 0.967 bits per heavy atom. The van der Waals surface area contributed by atoms with Gasteiger partial charge in [-0.05, 0) is 78.2 Å². The van der Waals surface area contributed by atoms with Gasteiger partial charge < -0.3 is 4.74 Å². The van der Waals surface area contributed by atoms with Gasteiger partial charge in [-0.3, -0.25) is 9.69 Å². The lowest BCUT2D eigenvalue weighted by molar-refractivity contribution is -0.113. The monoisotopic (exact) mass is 432 g/mol. The van der Waals surface area contributed by atoms with Gasteiger partial charge in [0.2, 0.25) is 0 Å². The maximum absolute atomic E-state index is 13.3. The molecule has 1 saturated heterocycles. The molecule has 0 N–H and O–H groups in total. The fourth-order valence-electron chi connectivity index (χ4n) is 2.97. The number of carbonyl (C=O) groups excluding carboxylic acids is 1. The summed E-state index contributed by atoms with van der Waals surface area (Å²) < 4.78 is 5.25. The van der Waals surface area contributed by atoms with Crippen LogP contribution >= 0.6 is 23.5 Å². The molecule has 0 bridgehead atoms. The zero-order valence-corrected chi connectivity index (χ0v) is 18.2. The topological polar surface area (TPSA) is 41.9 Å². The highest BCUT2D eigenvalue weighted by Crippen LogP contribution is 2.37. The minimum Gasteiger partial charge on any atom is -0.497 e. The maximum Gasteiger partial charge on any atom is 0.271 e. The lowest BCUT2D eigenvalue weighted by atomic mass is 10.2. The van der Waals surface area contributed by atoms with E-state index in [4.69, 9.17) is 9.73 Å². The number of hydrogen-bond acceptors (Lipinski definition) is 5. The largest absolute Gasteiger partial charge is 0.497 e. The highest BCUT2D eigenvalue weighted by atomic mass is 32.2. The molecular formula is C24H20N2O2S2. The van der Waals surface area contributed by atoms with Crippen molar-refractivity contribution < 1.29 is 9.53 Å². The van der Waals surface area contributed by atoms with Crippen molar-refractivity contribution in [1.82, 2.24) is 0 Å². The molecule has 0 unspecified atom stereocenters. The molecule has 1 heterocycles. The number of nitrogens with zero attached hydrogens (tertiary/aromatic N) is 2. The molecule has 3 aromatic carbocycles. The predicted octanol–water partition coefficient (Wildman–Crippen LogP) is 6.23. The third kappa shape index (κ3) is 4.45. The predicted molar refractivity (Wildman–Crippen MR) is 128 cm³/mol. The number of amidine groups is 1. The maximum atomic E-state index is 13.3. The highest BCUT2D eigenvalue weighted by molar-refractivity contribution is 8.19. The summed E-state index contributed by atoms with van der Waals surface area (Å²) in [5.74, 6) is 0.651. The number of thioether (sulfide) groups is 2. The van der Waals surface area contributed by atoms with Gasteiger partial charge in [0.15, 0.2) is 5.17 Å². The van der Waals surface area contributed by atoms with Crippen LogP contribution in [0.15, 0.2) is 93.7 Å². The van der Waals surface area contributed by atoms with Gasteiger partial charge in [0, 0.05) is 4.90 Å². The number of ether oxygens (including phenoxy) is 1. The van der Waals surface area contributed by atoms with Crippen molar-refractivity contribution in [2.75, 3.05) is 18.3 Å². The molecule has 3 aromatic rings. The molecule has 1 aliphatic rings. The molecule has 0 atom stereocenters. The van der Waals surface area contributed by atoms with Gasteiger partial charge in [0.1, 0.15) is 5.75 Å². The second-order valence-corrected chi connectivity index (χ2v) is 8.34. The van der Waals surface area contributed by atoms with Crippen LogP contribution in [0.25, 0.3) is 6.08 Å². The van der Waals surface area contributed by atoms with E-state index in [9.17, 15) is 4.79 Å². The number of hydrogen-bond donors (Lipinski definition) is 0. The van der Waals surface area contributed by atoms with Crippen molar-refractivity contribution >= 4 is 52.0 Å². The van der Waals surface area contributed by atoms with E-state index in [0.29, 0.717) is 10.1 Å². The van der Waals surface area contributed by atoms with Gasteiger partial charge in [-0.1, -0.05) is 30.3 Å². The van der Waals surface area contributed by atoms with Gasteiger partial charge in [-0.15, -0.1) is 11.8 Å². The third-order valence-corrected chi connectivity index (χ3v) is 6.24. The lowest BCUT2D eigenvalue weighted by Crippen LogP contribution is -2.28. The number of amides is 1. The van der Waals surface area contributed by atoms with E-state index >= 15 is 0 Å². The summed E-state index contributed by atoms with van der Waals surface area (Å²) >= 11 is 3.07. The summed E-state index contributed by atoms with van der Waals surface area (Å²) in [5, 5.41) is 0.628. The van der Waals surface area contributed by atoms with Crippen molar-refractivity contribution in [1.29, 1.82) is 0 Å². The number of rotatable bonds is 5. The van der Waals surface area contributed by atoms with Crippen molar-refractivity contribution in [3.05, 3.63) is 89.3 Å². The number of carbonyl (C=O) groups is 1. The van der Waals surface area contributed by atoms with Crippen molar-refractivity contribution in [2.24, 2.45) is 4.99 Å². The second kappa shape index (κ2) is 9.24. The van der Waals surface area contributed by atoms with Gasteiger partial charge >= 0.3 is 0 Å². The molecule has 6 heteroatoms. The molecule has 1 aliphatic heterocycles. The zero-order valence-electron chi connectivity index (χ0n) is 16.6. The summed E-state index contributed by atoms with van der Waals surface area (Å²) in [4.78, 5) is 21.5. The van der Waals surface area contributed by atoms with Gasteiger partial charge in [0.05, 0.1) is 23.4 Å². The molecule has 0 spiro atoms. The Morgan fingerprint density at radius 2 is 1.67 bits per heavy atom. The van der Waals surface area contributed by atoms with Gasteiger partial charge in [0.25, 0.3) is 5.91 Å². The van der Waals surface area contributed by atoms with Crippen molar-refractivity contribution in [3.8, 4) is 5.75 Å². The van der Waals surface area contributed by atoms with E-state index in [1.165, 1.54) is 16.7 Å². The van der Waals surface area contributed by atoms with Gasteiger partial charge in [-0.2, -0.15) is 0 Å². The first kappa shape index (κ1) is 20.3. The minimum absolute atomic E-state index is 0.0891. The molecule has 1 amide bonds. The standard InChI is InChI=1S/C24H20N2O2S2/c1-28-20-12-10-19(11-13-20)26-23(27)22(16-17-8-14-21(29-2)15-9-17)30-24(26)25-18-6-4-3-5-7-18/h3-16H,1-2H3/b22-16-,25-24-. The zero-order chi connectivity index (χ0) is 20.9. The van der Waals surface area contributed by atoms with Crippen LogP contribution in [0.2, 0.25) is 0 Å². The van der Waals surface area contributed by atoms with Crippen LogP contribution in [0.4, 0.5) is 11.4 Å². The summed E-state index contributed by atoms with van der Waals surface area (Å²) in [6.07, 6.45) is 3.96. The number of para-hydroxylation sites is 1. The number of anilines is 1. The lowest BCUT2D eigenvalue weighted by Gasteiger charge is -2.16. The van der Waals surface area contributed by atoms with Crippen LogP contribution in [-0.4, -0.2) is 24.4 Å². The van der Waals surface area contributed by atoms with E-state index in [2.05, 4.69) is 12.1 Å². The summed E-state index contributed by atoms with van der Waals surface area (Å²) in [5.41, 5.74) is 2.54. The Morgan fingerprint density at radius 3 is 2.30 bits per heavy atom. The number of methoxy groups -OCH3 is 1. The van der Waals surface area contributed by atoms with E-state index in [0.717, 1.165) is 22.7 Å². The van der Waals surface area contributed by atoms with Crippen molar-refractivity contribution in [2.45, 2.75) is 4.90 Å². The molecule has 0 radical (unpaired) electrons. The van der Waals surface area contributed by atoms with E-state index < -0.39 is 0 Å². The molecule has 0 aliphatic carbocycles. The van der Waals surface area contributed by atoms with Crippen LogP contribution in [0, 0.1) is 0 Å². The first-order valence-corrected chi connectivity index (χ1v) is 11.4. The first-order valence-electron chi connectivity index (χ1n) is 9.34. The number of aliphatic imine (C=N–C) groups is 1. The van der Waals surface area contributed by atoms with E-state index in [1.807, 2.05) is 79.1 Å². The molecule has 150 valence electrons. The molecule has 4 nitrogen and oxygen atoms in total. The van der Waals surface area contributed by atoms with Crippen LogP contribution < -0.4 is 9.64 Å². The van der Waals surface area contributed by atoms with Crippen LogP contribution in [0.1, 0.15) is 5.56 Å². The smallest absolute Gasteiger partial charge is 0.271 e. The first-order chi connectivity index (χ1) is 14.7. The highest BCUT2D eigenvalue weighted by Gasteiger charge is 2.34. The van der Waals surface area contributed by atoms with E-state index in [1.54, 1.807) is 23.8 Å². The molecule has 0 aromatic heterocycles. The normalized spacial score (nSPS) is 16.5. The third-order valence-electron chi connectivity index (χ3n) is 4.53. The fourth-order valence-corrected chi connectivity index (χ4v) is 4.38. The summed E-state index contributed by atoms with van der Waals surface area (Å²) in [7, 11) is 1.62. The Balaban J connectivity index is 1.73. The molecular weight excluding hydrogens is 412 g/mol. The average Bonchev–Trinajstić information content (AvgIpc) is 3.09. The average molecular weight is 433 g/mol. The Labute approximate surface area is 184 Å². The van der Waals surface area contributed by atoms with Crippen molar-refractivity contribution in [3.63, 3.8) is 0 Å². The van der Waals surface area contributed by atoms with E-state index in [-0.39, 0.29) is 5.91 Å². The second-order valence-electron chi connectivity index (χ2n) is 6.45.